The van der Waals surface area contributed by atoms with Crippen molar-refractivity contribution < 1.29 is 0 Å². The molecule has 0 fully saturated rings. The monoisotopic (exact) mass is 110 g/mol. The van der Waals surface area contributed by atoms with Gasteiger partial charge in [-0.3, -0.25) is 0 Å². The topological polar surface area (TPSA) is 0 Å². The Bertz CT molecular complexity index is 92.3. The van der Waals surface area contributed by atoms with E-state index in [4.69, 9.17) is 0 Å². The molecule has 0 N–H and O–H groups in total. The predicted molar refractivity (Wildman–Crippen MR) is 37.5 cm³/mol. The normalized spacial score (nSPS) is 11.9. The first-order valence-corrected chi connectivity index (χ1v) is 3.29. The molecule has 0 saturated carbocycles. The van der Waals surface area contributed by atoms with Crippen molar-refractivity contribution in [3.63, 3.8) is 0 Å². The molecule has 0 aromatic heterocycles. The van der Waals surface area contributed by atoms with Crippen LogP contribution < -0.4 is 0 Å². The summed E-state index contributed by atoms with van der Waals surface area (Å²) in [7, 11) is 0. The second kappa shape index (κ2) is 4.71. The van der Waals surface area contributed by atoms with Gasteiger partial charge in [-0.1, -0.05) is 20.8 Å². The lowest BCUT2D eigenvalue weighted by molar-refractivity contribution is 0.722. The van der Waals surface area contributed by atoms with Crippen LogP contribution in [-0.2, 0) is 0 Å². The first kappa shape index (κ1) is 7.56. The zero-order valence-electron chi connectivity index (χ0n) is 5.99. The highest BCUT2D eigenvalue weighted by atomic mass is 13.9. The van der Waals surface area contributed by atoms with Gasteiger partial charge in [-0.25, -0.2) is 0 Å². The van der Waals surface area contributed by atoms with E-state index in [1.54, 1.807) is 0 Å². The van der Waals surface area contributed by atoms with E-state index in [9.17, 15) is 0 Å². The van der Waals surface area contributed by atoms with Gasteiger partial charge in [0.25, 0.3) is 0 Å². The highest BCUT2D eigenvalue weighted by molar-refractivity contribution is 5.00. The number of hydrogen-bond donors (Lipinski definition) is 0. The van der Waals surface area contributed by atoms with Gasteiger partial charge in [-0.2, -0.15) is 0 Å². The smallest absolute Gasteiger partial charge is 0.0171 e. The molecule has 0 heterocycles. The largest absolute Gasteiger partial charge is 0.103 e. The molecule has 8 heavy (non-hydrogen) atoms. The van der Waals surface area contributed by atoms with Crippen molar-refractivity contribution in [1.82, 2.24) is 0 Å². The van der Waals surface area contributed by atoms with E-state index in [1.165, 1.54) is 6.42 Å². The van der Waals surface area contributed by atoms with Crippen molar-refractivity contribution in [3.8, 4) is 11.8 Å². The summed E-state index contributed by atoms with van der Waals surface area (Å²) in [5.74, 6) is 6.77. The molecule has 0 amide bonds. The van der Waals surface area contributed by atoms with Crippen molar-refractivity contribution in [1.29, 1.82) is 0 Å². The Hall–Kier alpha value is -0.440. The lowest BCUT2D eigenvalue weighted by atomic mass is 10.1. The van der Waals surface area contributed by atoms with E-state index in [2.05, 4.69) is 32.6 Å². The Labute approximate surface area is 52.3 Å². The van der Waals surface area contributed by atoms with Crippen LogP contribution in [0.15, 0.2) is 0 Å². The molecular formula is C8H14. The average molecular weight is 110 g/mol. The molecular weight excluding hydrogens is 96.1 g/mol. The molecule has 0 spiro atoms. The van der Waals surface area contributed by atoms with Crippen LogP contribution in [0.25, 0.3) is 0 Å². The summed E-state index contributed by atoms with van der Waals surface area (Å²) < 4.78 is 0. The van der Waals surface area contributed by atoms with E-state index in [0.29, 0.717) is 5.92 Å². The van der Waals surface area contributed by atoms with Gasteiger partial charge in [0.2, 0.25) is 0 Å². The van der Waals surface area contributed by atoms with Crippen molar-refractivity contribution in [2.45, 2.75) is 33.6 Å². The zero-order chi connectivity index (χ0) is 6.41. The van der Waals surface area contributed by atoms with Gasteiger partial charge in [0, 0.05) is 12.3 Å². The molecule has 0 aromatic rings. The second-order valence-electron chi connectivity index (χ2n) is 1.98. The molecule has 0 aliphatic rings. The molecule has 0 aliphatic carbocycles. The van der Waals surface area contributed by atoms with Crippen molar-refractivity contribution in [2.75, 3.05) is 0 Å². The minimum atomic E-state index is 0.593. The Morgan fingerprint density at radius 2 is 2.00 bits per heavy atom. The average Bonchev–Trinajstić information content (AvgIpc) is 1.83. The maximum Gasteiger partial charge on any atom is 0.0171 e. The summed E-state index contributed by atoms with van der Waals surface area (Å²) in [6.45, 7) is 6.40. The van der Waals surface area contributed by atoms with E-state index in [-0.39, 0.29) is 0 Å². The fourth-order valence-electron chi connectivity index (χ4n) is 0.378. The molecule has 1 atom stereocenters. The van der Waals surface area contributed by atoms with Crippen molar-refractivity contribution in [3.05, 3.63) is 0 Å². The Morgan fingerprint density at radius 1 is 1.38 bits per heavy atom. The van der Waals surface area contributed by atoms with E-state index < -0.39 is 0 Å². The third-order valence-corrected chi connectivity index (χ3v) is 1.14. The molecule has 0 radical (unpaired) electrons. The van der Waals surface area contributed by atoms with Gasteiger partial charge >= 0.3 is 0 Å². The van der Waals surface area contributed by atoms with E-state index in [0.717, 1.165) is 6.42 Å². The molecule has 1 unspecified atom stereocenters. The van der Waals surface area contributed by atoms with Gasteiger partial charge in [0.1, 0.15) is 0 Å². The molecule has 0 aromatic carbocycles. The highest BCUT2D eigenvalue weighted by Crippen LogP contribution is 1.96. The minimum absolute atomic E-state index is 0.593. The molecule has 46 valence electrons. The quantitative estimate of drug-likeness (QED) is 0.455. The van der Waals surface area contributed by atoms with Gasteiger partial charge in [-0.15, -0.1) is 11.8 Å². The summed E-state index contributed by atoms with van der Waals surface area (Å²) in [5, 5.41) is 0. The molecule has 0 saturated heterocycles. The van der Waals surface area contributed by atoms with Crippen LogP contribution in [0.2, 0.25) is 0 Å². The van der Waals surface area contributed by atoms with Crippen LogP contribution in [0.5, 0.6) is 0 Å². The van der Waals surface area contributed by atoms with Crippen LogP contribution in [0.4, 0.5) is 0 Å². The van der Waals surface area contributed by atoms with Gasteiger partial charge in [0.15, 0.2) is 0 Å². The first-order valence-electron chi connectivity index (χ1n) is 3.29. The maximum atomic E-state index is 3.13. The van der Waals surface area contributed by atoms with Crippen LogP contribution in [0, 0.1) is 17.8 Å². The Morgan fingerprint density at radius 3 is 2.38 bits per heavy atom. The maximum absolute atomic E-state index is 3.13. The highest BCUT2D eigenvalue weighted by Gasteiger charge is 1.86. The second-order valence-corrected chi connectivity index (χ2v) is 1.98. The van der Waals surface area contributed by atoms with Crippen molar-refractivity contribution >= 4 is 0 Å². The third kappa shape index (κ3) is 3.74. The lowest BCUT2D eigenvalue weighted by Crippen LogP contribution is -1.83. The zero-order valence-corrected chi connectivity index (χ0v) is 5.99. The number of hydrogen-bond acceptors (Lipinski definition) is 0. The molecule has 0 rings (SSSR count). The fourth-order valence-corrected chi connectivity index (χ4v) is 0.378. The molecule has 0 bridgehead atoms. The van der Waals surface area contributed by atoms with Gasteiger partial charge in [-0.05, 0) is 6.42 Å². The molecule has 0 heteroatoms. The van der Waals surface area contributed by atoms with E-state index in [1.807, 2.05) is 0 Å². The minimum Gasteiger partial charge on any atom is -0.103 e. The molecule has 0 nitrogen and oxygen atoms in total. The Balaban J connectivity index is 3.35. The summed E-state index contributed by atoms with van der Waals surface area (Å²) in [5.41, 5.74) is 0. The van der Waals surface area contributed by atoms with Crippen LogP contribution >= 0.6 is 0 Å². The number of rotatable bonds is 1. The summed E-state index contributed by atoms with van der Waals surface area (Å²) in [6, 6.07) is 0. The lowest BCUT2D eigenvalue weighted by Gasteiger charge is -1.92. The van der Waals surface area contributed by atoms with Gasteiger partial charge < -0.3 is 0 Å². The fraction of sp³-hybridized carbons (Fsp3) is 0.750. The van der Waals surface area contributed by atoms with Gasteiger partial charge in [0.05, 0.1) is 0 Å². The first-order chi connectivity index (χ1) is 3.81. The third-order valence-electron chi connectivity index (χ3n) is 1.14. The SMILES string of the molecule is CCC#CC(C)CC. The summed E-state index contributed by atoms with van der Waals surface area (Å²) >= 11 is 0. The standard InChI is InChI=1S/C8H14/c1-4-6-7-8(3)5-2/h8H,4-5H2,1-3H3. The van der Waals surface area contributed by atoms with E-state index >= 15 is 0 Å². The van der Waals surface area contributed by atoms with Crippen molar-refractivity contribution in [2.24, 2.45) is 5.92 Å². The molecule has 0 aliphatic heterocycles. The Kier molecular flexibility index (Phi) is 4.45. The van der Waals surface area contributed by atoms with Crippen LogP contribution in [0.1, 0.15) is 33.6 Å². The summed E-state index contributed by atoms with van der Waals surface area (Å²) in [6.07, 6.45) is 2.16. The van der Waals surface area contributed by atoms with Crippen LogP contribution in [0.3, 0.4) is 0 Å². The van der Waals surface area contributed by atoms with Crippen LogP contribution in [-0.4, -0.2) is 0 Å². The summed E-state index contributed by atoms with van der Waals surface area (Å²) in [4.78, 5) is 0. The predicted octanol–water partition coefficient (Wildman–Crippen LogP) is 2.45.